The molecule has 1 atom stereocenters. The first kappa shape index (κ1) is 15.2. The number of ether oxygens (including phenoxy) is 1. The molecule has 0 saturated heterocycles. The maximum atomic E-state index is 11.6. The Bertz CT molecular complexity index is 408. The fourth-order valence-electron chi connectivity index (χ4n) is 1.54. The van der Waals surface area contributed by atoms with Gasteiger partial charge in [-0.15, -0.1) is 0 Å². The molecule has 1 aromatic carbocycles. The summed E-state index contributed by atoms with van der Waals surface area (Å²) in [5, 5.41) is 11.7. The van der Waals surface area contributed by atoms with E-state index < -0.39 is 0 Å². The Labute approximate surface area is 114 Å². The smallest absolute Gasteiger partial charge is 0.244 e. The molecular formula is C15H21NO3. The highest BCUT2D eigenvalue weighted by Crippen LogP contribution is 2.12. The predicted molar refractivity (Wildman–Crippen MR) is 76.0 cm³/mol. The van der Waals surface area contributed by atoms with Crippen LogP contribution >= 0.6 is 0 Å². The number of carbonyl (C=O) groups excluding carboxylic acids is 1. The van der Waals surface area contributed by atoms with Crippen LogP contribution in [0.4, 0.5) is 0 Å². The lowest BCUT2D eigenvalue weighted by molar-refractivity contribution is -0.117. The second-order valence-electron chi connectivity index (χ2n) is 4.13. The van der Waals surface area contributed by atoms with Crippen LogP contribution in [0.3, 0.4) is 0 Å². The lowest BCUT2D eigenvalue weighted by atomic mass is 10.2. The van der Waals surface area contributed by atoms with Crippen molar-refractivity contribution >= 4 is 12.0 Å². The minimum absolute atomic E-state index is 0.0425. The van der Waals surface area contributed by atoms with Gasteiger partial charge in [0, 0.05) is 6.08 Å². The minimum Gasteiger partial charge on any atom is -0.494 e. The first-order valence-corrected chi connectivity index (χ1v) is 6.51. The average Bonchev–Trinajstić information content (AvgIpc) is 2.44. The number of hydrogen-bond acceptors (Lipinski definition) is 3. The summed E-state index contributed by atoms with van der Waals surface area (Å²) in [6.07, 6.45) is 3.91. The van der Waals surface area contributed by atoms with Crippen molar-refractivity contribution < 1.29 is 14.6 Å². The lowest BCUT2D eigenvalue weighted by Crippen LogP contribution is -2.35. The van der Waals surface area contributed by atoms with E-state index in [1.54, 1.807) is 6.08 Å². The molecule has 0 aliphatic rings. The Kier molecular flexibility index (Phi) is 6.68. The number of aliphatic hydroxyl groups excluding tert-OH is 1. The van der Waals surface area contributed by atoms with Crippen molar-refractivity contribution in [3.63, 3.8) is 0 Å². The zero-order chi connectivity index (χ0) is 14.1. The number of rotatable bonds is 7. The summed E-state index contributed by atoms with van der Waals surface area (Å²) < 4.78 is 5.34. The molecule has 1 aromatic rings. The standard InChI is InChI=1S/C15H21NO3/c1-3-13(11-17)16-15(18)10-7-12-5-8-14(9-6-12)19-4-2/h5-10,13,17H,3-4,11H2,1-2H3,(H,16,18)/b10-7+/t13-/m1/s1. The fourth-order valence-corrected chi connectivity index (χ4v) is 1.54. The molecule has 4 nitrogen and oxygen atoms in total. The van der Waals surface area contributed by atoms with Crippen LogP contribution < -0.4 is 10.1 Å². The van der Waals surface area contributed by atoms with Gasteiger partial charge >= 0.3 is 0 Å². The van der Waals surface area contributed by atoms with Crippen molar-refractivity contribution in [3.8, 4) is 5.75 Å². The number of nitrogens with one attached hydrogen (secondary N) is 1. The largest absolute Gasteiger partial charge is 0.494 e. The molecule has 0 aromatic heterocycles. The number of benzene rings is 1. The van der Waals surface area contributed by atoms with Gasteiger partial charge < -0.3 is 15.2 Å². The summed E-state index contributed by atoms with van der Waals surface area (Å²) in [7, 11) is 0. The van der Waals surface area contributed by atoms with Crippen LogP contribution in [0.1, 0.15) is 25.8 Å². The van der Waals surface area contributed by atoms with Gasteiger partial charge in [-0.25, -0.2) is 0 Å². The molecule has 1 rings (SSSR count). The van der Waals surface area contributed by atoms with Gasteiger partial charge in [-0.1, -0.05) is 19.1 Å². The first-order chi connectivity index (χ1) is 9.19. The Morgan fingerprint density at radius 2 is 2.05 bits per heavy atom. The maximum absolute atomic E-state index is 11.6. The highest BCUT2D eigenvalue weighted by Gasteiger charge is 2.05. The van der Waals surface area contributed by atoms with Crippen molar-refractivity contribution in [1.82, 2.24) is 5.32 Å². The summed E-state index contributed by atoms with van der Waals surface area (Å²) in [6, 6.07) is 7.32. The van der Waals surface area contributed by atoms with Gasteiger partial charge in [0.05, 0.1) is 19.3 Å². The van der Waals surface area contributed by atoms with E-state index in [-0.39, 0.29) is 18.6 Å². The number of amides is 1. The minimum atomic E-state index is -0.199. The van der Waals surface area contributed by atoms with Crippen LogP contribution in [0.25, 0.3) is 6.08 Å². The van der Waals surface area contributed by atoms with Crippen molar-refractivity contribution in [2.75, 3.05) is 13.2 Å². The van der Waals surface area contributed by atoms with Gasteiger partial charge in [-0.2, -0.15) is 0 Å². The Hall–Kier alpha value is -1.81. The van der Waals surface area contributed by atoms with E-state index in [0.717, 1.165) is 11.3 Å². The SMILES string of the molecule is CCOc1ccc(/C=C/C(=O)N[C@H](CC)CO)cc1. The second kappa shape index (κ2) is 8.32. The molecule has 0 heterocycles. The summed E-state index contributed by atoms with van der Waals surface area (Å²) in [6.45, 7) is 4.44. The van der Waals surface area contributed by atoms with Crippen molar-refractivity contribution in [2.24, 2.45) is 0 Å². The molecule has 4 heteroatoms. The van der Waals surface area contributed by atoms with Gasteiger partial charge in [0.15, 0.2) is 0 Å². The number of hydrogen-bond donors (Lipinski definition) is 2. The third kappa shape index (κ3) is 5.57. The fraction of sp³-hybridized carbons (Fsp3) is 0.400. The Morgan fingerprint density at radius 3 is 2.58 bits per heavy atom. The molecule has 0 fully saturated rings. The highest BCUT2D eigenvalue weighted by molar-refractivity contribution is 5.91. The molecule has 0 radical (unpaired) electrons. The van der Waals surface area contributed by atoms with Gasteiger partial charge in [-0.05, 0) is 37.1 Å². The summed E-state index contributed by atoms with van der Waals surface area (Å²) in [4.78, 5) is 11.6. The molecular weight excluding hydrogens is 242 g/mol. The van der Waals surface area contributed by atoms with Crippen molar-refractivity contribution in [1.29, 1.82) is 0 Å². The molecule has 2 N–H and O–H groups in total. The third-order valence-electron chi connectivity index (χ3n) is 2.68. The molecule has 0 bridgehead atoms. The summed E-state index contributed by atoms with van der Waals surface area (Å²) in [5.74, 6) is 0.616. The summed E-state index contributed by atoms with van der Waals surface area (Å²) >= 11 is 0. The molecule has 0 aliphatic heterocycles. The monoisotopic (exact) mass is 263 g/mol. The van der Waals surface area contributed by atoms with E-state index >= 15 is 0 Å². The van der Waals surface area contributed by atoms with E-state index in [2.05, 4.69) is 5.32 Å². The zero-order valence-corrected chi connectivity index (χ0v) is 11.4. The Morgan fingerprint density at radius 1 is 1.37 bits per heavy atom. The zero-order valence-electron chi connectivity index (χ0n) is 11.4. The highest BCUT2D eigenvalue weighted by atomic mass is 16.5. The number of aliphatic hydroxyl groups is 1. The van der Waals surface area contributed by atoms with E-state index in [9.17, 15) is 4.79 Å². The first-order valence-electron chi connectivity index (χ1n) is 6.51. The molecule has 0 saturated carbocycles. The molecule has 0 aliphatic carbocycles. The van der Waals surface area contributed by atoms with Crippen molar-refractivity contribution in [2.45, 2.75) is 26.3 Å². The maximum Gasteiger partial charge on any atom is 0.244 e. The predicted octanol–water partition coefficient (Wildman–Crippen LogP) is 1.99. The van der Waals surface area contributed by atoms with E-state index in [0.29, 0.717) is 13.0 Å². The molecule has 0 unspecified atom stereocenters. The molecule has 104 valence electrons. The van der Waals surface area contributed by atoms with E-state index in [1.165, 1.54) is 6.08 Å². The van der Waals surface area contributed by atoms with Crippen LogP contribution in [0.2, 0.25) is 0 Å². The van der Waals surface area contributed by atoms with Gasteiger partial charge in [0.1, 0.15) is 5.75 Å². The van der Waals surface area contributed by atoms with Gasteiger partial charge in [0.25, 0.3) is 0 Å². The summed E-state index contributed by atoms with van der Waals surface area (Å²) in [5.41, 5.74) is 0.927. The molecule has 0 spiro atoms. The normalized spacial score (nSPS) is 12.4. The van der Waals surface area contributed by atoms with E-state index in [4.69, 9.17) is 9.84 Å². The third-order valence-corrected chi connectivity index (χ3v) is 2.68. The second-order valence-corrected chi connectivity index (χ2v) is 4.13. The lowest BCUT2D eigenvalue weighted by Gasteiger charge is -2.11. The van der Waals surface area contributed by atoms with Gasteiger partial charge in [-0.3, -0.25) is 4.79 Å². The topological polar surface area (TPSA) is 58.6 Å². The van der Waals surface area contributed by atoms with Crippen LogP contribution in [0, 0.1) is 0 Å². The molecule has 19 heavy (non-hydrogen) atoms. The average molecular weight is 263 g/mol. The van der Waals surface area contributed by atoms with Crippen LogP contribution in [0.5, 0.6) is 5.75 Å². The van der Waals surface area contributed by atoms with Gasteiger partial charge in [0.2, 0.25) is 5.91 Å². The number of carbonyl (C=O) groups is 1. The van der Waals surface area contributed by atoms with Crippen LogP contribution in [-0.4, -0.2) is 30.3 Å². The van der Waals surface area contributed by atoms with Crippen LogP contribution in [-0.2, 0) is 4.79 Å². The van der Waals surface area contributed by atoms with Crippen LogP contribution in [0.15, 0.2) is 30.3 Å². The quantitative estimate of drug-likeness (QED) is 0.740. The Balaban J connectivity index is 2.53. The van der Waals surface area contributed by atoms with E-state index in [1.807, 2.05) is 38.1 Å². The molecule has 1 amide bonds. The van der Waals surface area contributed by atoms with Crippen molar-refractivity contribution in [3.05, 3.63) is 35.9 Å².